The second kappa shape index (κ2) is 6.04. The average molecular weight is 288 g/mol. The van der Waals surface area contributed by atoms with Crippen LogP contribution in [0.25, 0.3) is 0 Å². The fourth-order valence-corrected chi connectivity index (χ4v) is 1.87. The molecule has 3 N–H and O–H groups in total. The minimum absolute atomic E-state index is 0.0340. The number of carbonyl (C=O) groups is 2. The van der Waals surface area contributed by atoms with Crippen molar-refractivity contribution in [1.82, 2.24) is 0 Å². The van der Waals surface area contributed by atoms with E-state index in [9.17, 15) is 14.0 Å². The fraction of sp³-hybridized carbons (Fsp3) is 0.0667. The molecular formula is C15H13FN2O3. The number of halogens is 1. The Morgan fingerprint density at radius 1 is 1.05 bits per heavy atom. The van der Waals surface area contributed by atoms with E-state index in [4.69, 9.17) is 5.11 Å². The molecule has 6 heteroatoms. The van der Waals surface area contributed by atoms with Gasteiger partial charge in [-0.1, -0.05) is 12.1 Å². The molecule has 2 rings (SSSR count). The van der Waals surface area contributed by atoms with Gasteiger partial charge in [0.2, 0.25) is 0 Å². The van der Waals surface area contributed by atoms with Gasteiger partial charge >= 0.3 is 12.0 Å². The van der Waals surface area contributed by atoms with Crippen molar-refractivity contribution in [3.05, 3.63) is 59.4 Å². The molecule has 0 heterocycles. The number of rotatable bonds is 3. The summed E-state index contributed by atoms with van der Waals surface area (Å²) in [4.78, 5) is 23.1. The Bertz CT molecular complexity index is 684. The average Bonchev–Trinajstić information content (AvgIpc) is 2.41. The predicted molar refractivity (Wildman–Crippen MR) is 77.2 cm³/mol. The Hall–Kier alpha value is -2.89. The van der Waals surface area contributed by atoms with Crippen molar-refractivity contribution < 1.29 is 19.1 Å². The molecule has 2 aromatic carbocycles. The van der Waals surface area contributed by atoms with E-state index in [1.807, 2.05) is 0 Å². The fourth-order valence-electron chi connectivity index (χ4n) is 1.87. The molecule has 5 nitrogen and oxygen atoms in total. The Morgan fingerprint density at radius 3 is 2.33 bits per heavy atom. The number of hydrogen-bond acceptors (Lipinski definition) is 2. The van der Waals surface area contributed by atoms with Gasteiger partial charge in [-0.15, -0.1) is 0 Å². The molecular weight excluding hydrogens is 275 g/mol. The van der Waals surface area contributed by atoms with E-state index in [1.165, 1.54) is 30.3 Å². The number of hydrogen-bond donors (Lipinski definition) is 3. The van der Waals surface area contributed by atoms with E-state index in [1.54, 1.807) is 19.1 Å². The van der Waals surface area contributed by atoms with Gasteiger partial charge in [0.05, 0.1) is 11.3 Å². The first-order chi connectivity index (χ1) is 9.97. The molecule has 0 saturated heterocycles. The van der Waals surface area contributed by atoms with Crippen LogP contribution in [0, 0.1) is 12.7 Å². The van der Waals surface area contributed by atoms with Crippen molar-refractivity contribution in [3.63, 3.8) is 0 Å². The van der Waals surface area contributed by atoms with Crippen LogP contribution in [-0.4, -0.2) is 17.1 Å². The van der Waals surface area contributed by atoms with E-state index in [-0.39, 0.29) is 11.3 Å². The van der Waals surface area contributed by atoms with Crippen LogP contribution in [0.15, 0.2) is 42.5 Å². The van der Waals surface area contributed by atoms with E-state index < -0.39 is 17.8 Å². The molecule has 0 atom stereocenters. The number of anilines is 2. The number of aromatic carboxylic acids is 1. The van der Waals surface area contributed by atoms with Gasteiger partial charge in [0.25, 0.3) is 0 Å². The predicted octanol–water partition coefficient (Wildman–Crippen LogP) is 3.48. The number of carboxylic acid groups (broad SMARTS) is 1. The highest BCUT2D eigenvalue weighted by Gasteiger charge is 2.14. The van der Waals surface area contributed by atoms with Crippen LogP contribution in [0.2, 0.25) is 0 Å². The second-order valence-electron chi connectivity index (χ2n) is 4.39. The Morgan fingerprint density at radius 2 is 1.71 bits per heavy atom. The number of carboxylic acids is 1. The molecule has 0 saturated carbocycles. The lowest BCUT2D eigenvalue weighted by molar-refractivity contribution is 0.0697. The molecule has 2 aromatic rings. The minimum Gasteiger partial charge on any atom is -0.478 e. The minimum atomic E-state index is -1.12. The zero-order valence-corrected chi connectivity index (χ0v) is 11.2. The van der Waals surface area contributed by atoms with E-state index >= 15 is 0 Å². The number of aryl methyl sites for hydroxylation is 1. The van der Waals surface area contributed by atoms with Gasteiger partial charge in [-0.25, -0.2) is 14.0 Å². The van der Waals surface area contributed by atoms with Crippen LogP contribution >= 0.6 is 0 Å². The van der Waals surface area contributed by atoms with Gasteiger partial charge in [-0.3, -0.25) is 0 Å². The van der Waals surface area contributed by atoms with E-state index in [0.717, 1.165) is 0 Å². The maximum Gasteiger partial charge on any atom is 0.338 e. The van der Waals surface area contributed by atoms with E-state index in [2.05, 4.69) is 10.6 Å². The summed E-state index contributed by atoms with van der Waals surface area (Å²) in [6, 6.07) is 9.43. The first kappa shape index (κ1) is 14.5. The van der Waals surface area contributed by atoms with Gasteiger partial charge in [0.1, 0.15) is 5.82 Å². The lowest BCUT2D eigenvalue weighted by atomic mass is 10.1. The summed E-state index contributed by atoms with van der Waals surface area (Å²) in [5.41, 5.74) is 1.18. The molecule has 21 heavy (non-hydrogen) atoms. The standard InChI is InChI=1S/C15H13FN2O3/c1-9-3-2-4-12(13(9)14(19)20)18-15(21)17-11-7-5-10(16)6-8-11/h2-8H,1H3,(H,19,20)(H2,17,18,21). The Kier molecular flexibility index (Phi) is 4.18. The molecule has 0 spiro atoms. The number of nitrogens with one attached hydrogen (secondary N) is 2. The molecule has 0 fully saturated rings. The second-order valence-corrected chi connectivity index (χ2v) is 4.39. The van der Waals surface area contributed by atoms with Crippen LogP contribution in [0.3, 0.4) is 0 Å². The number of benzene rings is 2. The smallest absolute Gasteiger partial charge is 0.338 e. The lowest BCUT2D eigenvalue weighted by Gasteiger charge is -2.11. The van der Waals surface area contributed by atoms with Crippen molar-refractivity contribution in [3.8, 4) is 0 Å². The highest BCUT2D eigenvalue weighted by Crippen LogP contribution is 2.20. The zero-order valence-electron chi connectivity index (χ0n) is 11.2. The van der Waals surface area contributed by atoms with Gasteiger partial charge in [0.15, 0.2) is 0 Å². The first-order valence-electron chi connectivity index (χ1n) is 6.14. The summed E-state index contributed by atoms with van der Waals surface area (Å²) in [6.07, 6.45) is 0. The summed E-state index contributed by atoms with van der Waals surface area (Å²) >= 11 is 0. The number of urea groups is 1. The van der Waals surface area contributed by atoms with Gasteiger partial charge in [0, 0.05) is 5.69 Å². The highest BCUT2D eigenvalue weighted by molar-refractivity contribution is 6.05. The van der Waals surface area contributed by atoms with Crippen LogP contribution < -0.4 is 10.6 Å². The number of carbonyl (C=O) groups excluding carboxylic acids is 1. The Labute approximate surface area is 120 Å². The molecule has 0 bridgehead atoms. The topological polar surface area (TPSA) is 78.4 Å². The molecule has 0 aliphatic carbocycles. The maximum atomic E-state index is 12.8. The van der Waals surface area contributed by atoms with Gasteiger partial charge < -0.3 is 15.7 Å². The van der Waals surface area contributed by atoms with Crippen molar-refractivity contribution in [1.29, 1.82) is 0 Å². The highest BCUT2D eigenvalue weighted by atomic mass is 19.1. The number of amides is 2. The monoisotopic (exact) mass is 288 g/mol. The van der Waals surface area contributed by atoms with Gasteiger partial charge in [-0.05, 0) is 42.8 Å². The third-order valence-corrected chi connectivity index (χ3v) is 2.84. The quantitative estimate of drug-likeness (QED) is 0.809. The zero-order chi connectivity index (χ0) is 15.4. The summed E-state index contributed by atoms with van der Waals surface area (Å²) in [5, 5.41) is 14.1. The SMILES string of the molecule is Cc1cccc(NC(=O)Nc2ccc(F)cc2)c1C(=O)O. The van der Waals surface area contributed by atoms with Crippen LogP contribution in [-0.2, 0) is 0 Å². The molecule has 0 aliphatic rings. The normalized spacial score (nSPS) is 10.0. The van der Waals surface area contributed by atoms with Crippen molar-refractivity contribution in [2.75, 3.05) is 10.6 Å². The maximum absolute atomic E-state index is 12.8. The first-order valence-corrected chi connectivity index (χ1v) is 6.14. The third kappa shape index (κ3) is 3.56. The molecule has 0 radical (unpaired) electrons. The molecule has 108 valence electrons. The van der Waals surface area contributed by atoms with Crippen molar-refractivity contribution >= 4 is 23.4 Å². The van der Waals surface area contributed by atoms with Crippen LogP contribution in [0.1, 0.15) is 15.9 Å². The summed E-state index contributed by atoms with van der Waals surface area (Å²) in [7, 11) is 0. The van der Waals surface area contributed by atoms with Gasteiger partial charge in [-0.2, -0.15) is 0 Å². The third-order valence-electron chi connectivity index (χ3n) is 2.84. The molecule has 0 aliphatic heterocycles. The lowest BCUT2D eigenvalue weighted by Crippen LogP contribution is -2.21. The summed E-state index contributed by atoms with van der Waals surface area (Å²) in [6.45, 7) is 1.65. The van der Waals surface area contributed by atoms with Crippen molar-refractivity contribution in [2.24, 2.45) is 0 Å². The van der Waals surface area contributed by atoms with Crippen LogP contribution in [0.4, 0.5) is 20.6 Å². The summed E-state index contributed by atoms with van der Waals surface area (Å²) < 4.78 is 12.8. The van der Waals surface area contributed by atoms with E-state index in [0.29, 0.717) is 11.3 Å². The molecule has 2 amide bonds. The molecule has 0 unspecified atom stereocenters. The largest absolute Gasteiger partial charge is 0.478 e. The van der Waals surface area contributed by atoms with Crippen LogP contribution in [0.5, 0.6) is 0 Å². The summed E-state index contributed by atoms with van der Waals surface area (Å²) in [5.74, 6) is -1.53. The molecule has 0 aromatic heterocycles. The Balaban J connectivity index is 2.15. The van der Waals surface area contributed by atoms with Crippen molar-refractivity contribution in [2.45, 2.75) is 6.92 Å².